The number of fused-ring (bicyclic) bond motifs is 1. The molecule has 0 spiro atoms. The van der Waals surface area contributed by atoms with Crippen molar-refractivity contribution in [3.8, 4) is 11.3 Å². The smallest absolute Gasteiger partial charge is 0.138 e. The largest absolute Gasteiger partial charge is 0.464 e. The van der Waals surface area contributed by atoms with Crippen LogP contribution in [0, 0.1) is 0 Å². The molecule has 4 aromatic rings. The molecule has 0 radical (unpaired) electrons. The number of hydrogen-bond donors (Lipinski definition) is 2. The van der Waals surface area contributed by atoms with Crippen molar-refractivity contribution in [1.29, 1.82) is 0 Å². The van der Waals surface area contributed by atoms with Gasteiger partial charge in [-0.2, -0.15) is 0 Å². The highest BCUT2D eigenvalue weighted by Gasteiger charge is 2.26. The molecule has 6 nitrogen and oxygen atoms in total. The number of aromatic nitrogens is 3. The van der Waals surface area contributed by atoms with E-state index in [9.17, 15) is 0 Å². The normalized spacial score (nSPS) is 19.6. The summed E-state index contributed by atoms with van der Waals surface area (Å²) >= 11 is 0. The van der Waals surface area contributed by atoms with E-state index in [-0.39, 0.29) is 0 Å². The maximum absolute atomic E-state index is 5.80. The van der Waals surface area contributed by atoms with Gasteiger partial charge in [-0.05, 0) is 43.1 Å². The van der Waals surface area contributed by atoms with Gasteiger partial charge in [0.25, 0.3) is 0 Å². The lowest BCUT2D eigenvalue weighted by molar-refractivity contribution is 0.304. The summed E-state index contributed by atoms with van der Waals surface area (Å²) in [7, 11) is 1.88. The Hall–Kier alpha value is -2.96. The molecule has 2 aromatic heterocycles. The molecule has 29 heavy (non-hydrogen) atoms. The van der Waals surface area contributed by atoms with Crippen molar-refractivity contribution in [1.82, 2.24) is 25.6 Å². The third-order valence-corrected chi connectivity index (χ3v) is 5.70. The lowest BCUT2D eigenvalue weighted by Crippen LogP contribution is -2.45. The van der Waals surface area contributed by atoms with Crippen molar-refractivity contribution in [3.05, 3.63) is 72.1 Å². The van der Waals surface area contributed by atoms with E-state index < -0.39 is 0 Å². The third-order valence-electron chi connectivity index (χ3n) is 5.70. The Labute approximate surface area is 169 Å². The number of benzene rings is 2. The van der Waals surface area contributed by atoms with E-state index in [1.165, 1.54) is 12.0 Å². The van der Waals surface area contributed by atoms with Gasteiger partial charge in [-0.3, -0.25) is 4.68 Å². The van der Waals surface area contributed by atoms with E-state index >= 15 is 0 Å². The Balaban J connectivity index is 1.41. The minimum absolute atomic E-state index is 0.320. The van der Waals surface area contributed by atoms with E-state index in [0.29, 0.717) is 12.1 Å². The standard InChI is InChI=1S/C23H25N5O/c1-28-15-21(26-27-28)18-12-17-9-11-29-23(17)19(13-18)14-25-20-8-5-10-24-22(20)16-6-3-2-4-7-16/h2-4,6-7,9,11-13,15,20,22,24-25H,5,8,10,14H2,1H3/t20-,22-/m0/s1. The summed E-state index contributed by atoms with van der Waals surface area (Å²) in [6.07, 6.45) is 6.02. The molecule has 1 aliphatic heterocycles. The molecule has 2 N–H and O–H groups in total. The molecule has 5 rings (SSSR count). The highest BCUT2D eigenvalue weighted by Crippen LogP contribution is 2.29. The van der Waals surface area contributed by atoms with Crippen molar-refractivity contribution in [2.45, 2.75) is 31.5 Å². The summed E-state index contributed by atoms with van der Waals surface area (Å²) in [4.78, 5) is 0. The summed E-state index contributed by atoms with van der Waals surface area (Å²) in [5.74, 6) is 0. The monoisotopic (exact) mass is 387 g/mol. The molecule has 0 aliphatic carbocycles. The Bertz CT molecular complexity index is 1100. The van der Waals surface area contributed by atoms with Crippen LogP contribution in [0.5, 0.6) is 0 Å². The van der Waals surface area contributed by atoms with Crippen LogP contribution in [0.3, 0.4) is 0 Å². The Morgan fingerprint density at radius 2 is 2.10 bits per heavy atom. The molecular formula is C23H25N5O. The molecule has 1 saturated heterocycles. The van der Waals surface area contributed by atoms with Crippen LogP contribution in [-0.4, -0.2) is 27.6 Å². The number of rotatable bonds is 5. The first-order chi connectivity index (χ1) is 14.3. The average Bonchev–Trinajstić information content (AvgIpc) is 3.41. The fourth-order valence-electron chi connectivity index (χ4n) is 4.28. The molecule has 6 heteroatoms. The average molecular weight is 387 g/mol. The van der Waals surface area contributed by atoms with Crippen molar-refractivity contribution in [3.63, 3.8) is 0 Å². The van der Waals surface area contributed by atoms with E-state index in [1.54, 1.807) is 10.9 Å². The second-order valence-corrected chi connectivity index (χ2v) is 7.72. The molecule has 1 fully saturated rings. The van der Waals surface area contributed by atoms with Crippen LogP contribution in [-0.2, 0) is 13.6 Å². The first-order valence-electron chi connectivity index (χ1n) is 10.2. The van der Waals surface area contributed by atoms with Gasteiger partial charge in [0.05, 0.1) is 12.5 Å². The predicted molar refractivity (Wildman–Crippen MR) is 113 cm³/mol. The van der Waals surface area contributed by atoms with Gasteiger partial charge in [0.2, 0.25) is 0 Å². The zero-order chi connectivity index (χ0) is 19.6. The Kier molecular flexibility index (Phi) is 4.87. The summed E-state index contributed by atoms with van der Waals surface area (Å²) in [6, 6.07) is 17.7. The molecule has 1 aliphatic rings. The number of aryl methyl sites for hydroxylation is 1. The van der Waals surface area contributed by atoms with E-state index in [2.05, 4.69) is 63.4 Å². The number of furan rings is 1. The van der Waals surface area contributed by atoms with Crippen LogP contribution in [0.15, 0.2) is 65.4 Å². The van der Waals surface area contributed by atoms with Crippen molar-refractivity contribution in [2.75, 3.05) is 6.54 Å². The van der Waals surface area contributed by atoms with Crippen molar-refractivity contribution in [2.24, 2.45) is 7.05 Å². The molecule has 0 bridgehead atoms. The molecule has 0 saturated carbocycles. The van der Waals surface area contributed by atoms with E-state index in [1.807, 2.05) is 19.3 Å². The van der Waals surface area contributed by atoms with Gasteiger partial charge >= 0.3 is 0 Å². The second kappa shape index (κ2) is 7.81. The van der Waals surface area contributed by atoms with Crippen LogP contribution < -0.4 is 10.6 Å². The van der Waals surface area contributed by atoms with Gasteiger partial charge in [0, 0.05) is 42.2 Å². The van der Waals surface area contributed by atoms with Gasteiger partial charge in [0.15, 0.2) is 0 Å². The van der Waals surface area contributed by atoms with Crippen LogP contribution in [0.1, 0.15) is 30.0 Å². The molecule has 2 aromatic carbocycles. The van der Waals surface area contributed by atoms with Gasteiger partial charge in [0.1, 0.15) is 11.3 Å². The quantitative estimate of drug-likeness (QED) is 0.545. The van der Waals surface area contributed by atoms with Gasteiger partial charge < -0.3 is 15.1 Å². The maximum Gasteiger partial charge on any atom is 0.138 e. The summed E-state index contributed by atoms with van der Waals surface area (Å²) in [6.45, 7) is 1.80. The van der Waals surface area contributed by atoms with Gasteiger partial charge in [-0.25, -0.2) is 0 Å². The Morgan fingerprint density at radius 3 is 2.93 bits per heavy atom. The van der Waals surface area contributed by atoms with E-state index in [4.69, 9.17) is 4.42 Å². The molecule has 0 unspecified atom stereocenters. The minimum atomic E-state index is 0.320. The fourth-order valence-corrected chi connectivity index (χ4v) is 4.28. The van der Waals surface area contributed by atoms with E-state index in [0.717, 1.165) is 47.3 Å². The summed E-state index contributed by atoms with van der Waals surface area (Å²) < 4.78 is 7.53. The molecular weight excluding hydrogens is 362 g/mol. The zero-order valence-electron chi connectivity index (χ0n) is 16.5. The molecule has 0 amide bonds. The van der Waals surface area contributed by atoms with Gasteiger partial charge in [-0.15, -0.1) is 5.10 Å². The highest BCUT2D eigenvalue weighted by atomic mass is 16.3. The lowest BCUT2D eigenvalue weighted by Gasteiger charge is -2.34. The highest BCUT2D eigenvalue weighted by molar-refractivity contribution is 5.85. The zero-order valence-corrected chi connectivity index (χ0v) is 16.5. The first kappa shape index (κ1) is 18.1. The molecule has 148 valence electrons. The number of nitrogens with zero attached hydrogens (tertiary/aromatic N) is 3. The summed E-state index contributed by atoms with van der Waals surface area (Å²) in [5.41, 5.74) is 5.35. The van der Waals surface area contributed by atoms with Crippen molar-refractivity contribution < 1.29 is 4.42 Å². The summed E-state index contributed by atoms with van der Waals surface area (Å²) in [5, 5.41) is 16.9. The van der Waals surface area contributed by atoms with Crippen LogP contribution in [0.25, 0.3) is 22.2 Å². The lowest BCUT2D eigenvalue weighted by atomic mass is 9.92. The predicted octanol–water partition coefficient (Wildman–Crippen LogP) is 3.81. The second-order valence-electron chi connectivity index (χ2n) is 7.72. The maximum atomic E-state index is 5.80. The van der Waals surface area contributed by atoms with Crippen molar-refractivity contribution >= 4 is 11.0 Å². The topological polar surface area (TPSA) is 67.9 Å². The number of nitrogens with one attached hydrogen (secondary N) is 2. The van der Waals surface area contributed by atoms with Gasteiger partial charge in [-0.1, -0.05) is 35.5 Å². The van der Waals surface area contributed by atoms with Crippen LogP contribution >= 0.6 is 0 Å². The SMILES string of the molecule is Cn1cc(-c2cc(CN[C@H]3CCCN[C@H]3c3ccccc3)c3occc3c2)nn1. The van der Waals surface area contributed by atoms with Crippen LogP contribution in [0.2, 0.25) is 0 Å². The Morgan fingerprint density at radius 1 is 1.21 bits per heavy atom. The fraction of sp³-hybridized carbons (Fsp3) is 0.304. The number of piperidine rings is 1. The number of hydrogen-bond acceptors (Lipinski definition) is 5. The molecule has 2 atom stereocenters. The molecule has 3 heterocycles. The minimum Gasteiger partial charge on any atom is -0.464 e. The third kappa shape index (κ3) is 3.69. The first-order valence-corrected chi connectivity index (χ1v) is 10.2. The van der Waals surface area contributed by atoms with Crippen LogP contribution in [0.4, 0.5) is 0 Å².